The van der Waals surface area contributed by atoms with Gasteiger partial charge in [-0.15, -0.1) is 11.8 Å². The van der Waals surface area contributed by atoms with Crippen LogP contribution in [0.4, 0.5) is 0 Å². The number of hydrogen-bond acceptors (Lipinski definition) is 13. The first-order valence-corrected chi connectivity index (χ1v) is 18.9. The molecule has 0 saturated carbocycles. The van der Waals surface area contributed by atoms with Gasteiger partial charge in [0.05, 0.1) is 29.4 Å². The van der Waals surface area contributed by atoms with Crippen molar-refractivity contribution in [2.45, 2.75) is 112 Å². The summed E-state index contributed by atoms with van der Waals surface area (Å²) in [6.45, 7) is 4.02. The van der Waals surface area contributed by atoms with Gasteiger partial charge in [0.15, 0.2) is 0 Å². The Morgan fingerprint density at radius 2 is 1.48 bits per heavy atom. The summed E-state index contributed by atoms with van der Waals surface area (Å²) < 4.78 is 0. The van der Waals surface area contributed by atoms with Gasteiger partial charge in [0.25, 0.3) is 0 Å². The molecule has 3 aliphatic rings. The van der Waals surface area contributed by atoms with Gasteiger partial charge in [0, 0.05) is 42.5 Å². The summed E-state index contributed by atoms with van der Waals surface area (Å²) in [5, 5.41) is 58.1. The quantitative estimate of drug-likeness (QED) is 0.142. The minimum atomic E-state index is -1.90. The van der Waals surface area contributed by atoms with Crippen LogP contribution in [0.25, 0.3) is 10.9 Å². The lowest BCUT2D eigenvalue weighted by atomic mass is 9.96. The van der Waals surface area contributed by atoms with Gasteiger partial charge in [0.1, 0.15) is 42.3 Å². The van der Waals surface area contributed by atoms with Crippen LogP contribution >= 0.6 is 11.8 Å². The molecule has 2 bridgehead atoms. The molecule has 3 aliphatic heterocycles. The summed E-state index contributed by atoms with van der Waals surface area (Å²) in [7, 11) is 0. The summed E-state index contributed by atoms with van der Waals surface area (Å²) in [5.41, 5.74) is -0.741. The van der Waals surface area contributed by atoms with Gasteiger partial charge in [-0.25, -0.2) is 0 Å². The van der Waals surface area contributed by atoms with E-state index in [2.05, 4.69) is 36.9 Å². The Hall–Kier alpha value is -4.80. The Morgan fingerprint density at radius 3 is 2.14 bits per heavy atom. The zero-order valence-corrected chi connectivity index (χ0v) is 32.3. The number of fused-ring (bicyclic) bond motifs is 5. The molecule has 14 N–H and O–H groups in total. The minimum absolute atomic E-state index is 0. The smallest absolute Gasteiger partial charge is 0.246 e. The van der Waals surface area contributed by atoms with Crippen molar-refractivity contribution in [3.63, 3.8) is 0 Å². The number of nitrogens with zero attached hydrogens (tertiary/aromatic N) is 1. The van der Waals surface area contributed by atoms with Gasteiger partial charge in [-0.1, -0.05) is 18.2 Å². The molecule has 1 saturated heterocycles. The lowest BCUT2D eigenvalue weighted by Gasteiger charge is -2.31. The van der Waals surface area contributed by atoms with Gasteiger partial charge in [-0.3, -0.25) is 33.6 Å². The third-order valence-electron chi connectivity index (χ3n) is 9.87. The molecule has 5 rings (SSSR count). The summed E-state index contributed by atoms with van der Waals surface area (Å²) in [6, 6.07) is -2.86. The maximum Gasteiger partial charge on any atom is 0.246 e. The third kappa shape index (κ3) is 9.95. The first-order chi connectivity index (χ1) is 25.9. The van der Waals surface area contributed by atoms with Crippen molar-refractivity contribution in [1.82, 2.24) is 47.9 Å². The highest BCUT2D eigenvalue weighted by Gasteiger charge is 2.44. The molecule has 7 amide bonds. The molecule has 1 fully saturated rings. The molecule has 2 aromatic rings. The number of aliphatic hydroxyl groups excluding tert-OH is 3. The second kappa shape index (κ2) is 18.0. The number of carbonyl (C=O) groups is 7. The minimum Gasteiger partial charge on any atom is -0.393 e. The van der Waals surface area contributed by atoms with Gasteiger partial charge in [-0.05, 0) is 39.3 Å². The fourth-order valence-corrected chi connectivity index (χ4v) is 7.85. The molecule has 20 nitrogen and oxygen atoms in total. The first-order valence-electron chi connectivity index (χ1n) is 17.9. The standard InChI is InChI=1S/C35H48N8O11S.H3N/c1-15-27(47)38-22-10-20-19-7-5-6-8-21(19)41-33(20)55-13-24(34(53)43-12-18(46)9-25(43)31(51)37-15)40-32(52)26(17(3)45)42-28(48)16(2)36-30(50)23(39-29(22)49)11-35(4,54)14-44;/h5-8,15-18,22-26,41,44-46,54H,9-14H2,1-4H3,(H,36,50)(H,37,51)(H,38,47)(H,39,49)(H,40,52)(H,42,48);1H3. The van der Waals surface area contributed by atoms with Crippen molar-refractivity contribution in [3.8, 4) is 0 Å². The molecule has 4 heterocycles. The fraction of sp³-hybridized carbons (Fsp3) is 0.571. The fourth-order valence-electron chi connectivity index (χ4n) is 6.74. The van der Waals surface area contributed by atoms with Crippen LogP contribution in [0, 0.1) is 0 Å². The Kier molecular flexibility index (Phi) is 14.1. The van der Waals surface area contributed by atoms with Crippen molar-refractivity contribution in [1.29, 1.82) is 0 Å². The van der Waals surface area contributed by atoms with Gasteiger partial charge in [-0.2, -0.15) is 0 Å². The largest absolute Gasteiger partial charge is 0.393 e. The van der Waals surface area contributed by atoms with E-state index < -0.39 is 114 Å². The summed E-state index contributed by atoms with van der Waals surface area (Å²) >= 11 is 1.08. The highest BCUT2D eigenvalue weighted by atomic mass is 32.2. The maximum atomic E-state index is 14.3. The molecule has 21 heteroatoms. The van der Waals surface area contributed by atoms with Crippen LogP contribution in [-0.2, 0) is 40.0 Å². The molecular weight excluding hydrogens is 755 g/mol. The zero-order valence-electron chi connectivity index (χ0n) is 31.5. The molecule has 10 atom stereocenters. The van der Waals surface area contributed by atoms with Crippen molar-refractivity contribution < 1.29 is 54.0 Å². The van der Waals surface area contributed by atoms with Crippen LogP contribution in [0.15, 0.2) is 29.3 Å². The monoisotopic (exact) mass is 805 g/mol. The average molecular weight is 806 g/mol. The van der Waals surface area contributed by atoms with Crippen LogP contribution in [-0.4, -0.2) is 151 Å². The van der Waals surface area contributed by atoms with E-state index in [1.165, 1.54) is 27.7 Å². The van der Waals surface area contributed by atoms with Crippen LogP contribution in [0.1, 0.15) is 46.1 Å². The number of thioether (sulfide) groups is 1. The molecule has 1 aromatic heterocycles. The summed E-state index contributed by atoms with van der Waals surface area (Å²) in [5.74, 6) is -6.26. The number of amides is 7. The Balaban J connectivity index is 0.00000696. The molecule has 56 heavy (non-hydrogen) atoms. The van der Waals surface area contributed by atoms with Crippen molar-refractivity contribution >= 4 is 64.0 Å². The van der Waals surface area contributed by atoms with Crippen LogP contribution < -0.4 is 38.1 Å². The zero-order chi connectivity index (χ0) is 40.4. The van der Waals surface area contributed by atoms with E-state index in [1.54, 1.807) is 24.3 Å². The second-order valence-corrected chi connectivity index (χ2v) is 15.6. The van der Waals surface area contributed by atoms with Crippen molar-refractivity contribution in [2.24, 2.45) is 0 Å². The molecule has 308 valence electrons. The molecular formula is C35H51N9O11S. The SMILES string of the molecule is CC1NC(=O)C(CC(C)(O)CO)NC(=O)C2Cc3c([nH]c4ccccc34)SCC(NC(=O)C(C(C)O)NC1=O)C(=O)N1CC(O)CC1C(=O)NC(C)C(=O)N2.N. The van der Waals surface area contributed by atoms with E-state index in [9.17, 15) is 54.0 Å². The number of nitrogens with one attached hydrogen (secondary N) is 7. The van der Waals surface area contributed by atoms with Crippen LogP contribution in [0.5, 0.6) is 0 Å². The predicted octanol–water partition coefficient (Wildman–Crippen LogP) is -3.58. The highest BCUT2D eigenvalue weighted by Crippen LogP contribution is 2.32. The van der Waals surface area contributed by atoms with E-state index in [0.717, 1.165) is 16.7 Å². The number of aromatic nitrogens is 1. The number of hydrogen-bond donors (Lipinski definition) is 12. The van der Waals surface area contributed by atoms with E-state index in [1.807, 2.05) is 0 Å². The summed E-state index contributed by atoms with van der Waals surface area (Å²) in [4.78, 5) is 101. The van der Waals surface area contributed by atoms with Gasteiger partial charge in [0.2, 0.25) is 41.4 Å². The number of benzene rings is 1. The number of para-hydroxylation sites is 1. The number of carbonyl (C=O) groups excluding carboxylic acids is 7. The Morgan fingerprint density at radius 1 is 0.857 bits per heavy atom. The van der Waals surface area contributed by atoms with E-state index >= 15 is 0 Å². The molecule has 0 aliphatic carbocycles. The first kappa shape index (κ1) is 43.9. The van der Waals surface area contributed by atoms with E-state index in [4.69, 9.17) is 0 Å². The Bertz CT molecular complexity index is 1840. The van der Waals surface area contributed by atoms with Crippen molar-refractivity contribution in [2.75, 3.05) is 18.9 Å². The average Bonchev–Trinajstić information content (AvgIpc) is 3.69. The summed E-state index contributed by atoms with van der Waals surface area (Å²) in [6.07, 6.45) is -3.53. The van der Waals surface area contributed by atoms with E-state index in [-0.39, 0.29) is 31.3 Å². The predicted molar refractivity (Wildman–Crippen MR) is 201 cm³/mol. The molecule has 0 radical (unpaired) electrons. The lowest BCUT2D eigenvalue weighted by molar-refractivity contribution is -0.142. The topological polar surface area (TPSA) is 327 Å². The van der Waals surface area contributed by atoms with Crippen LogP contribution in [0.2, 0.25) is 0 Å². The van der Waals surface area contributed by atoms with Crippen molar-refractivity contribution in [3.05, 3.63) is 29.8 Å². The molecule has 10 unspecified atom stereocenters. The second-order valence-electron chi connectivity index (χ2n) is 14.6. The normalized spacial score (nSPS) is 30.2. The molecule has 1 aromatic carbocycles. The van der Waals surface area contributed by atoms with E-state index in [0.29, 0.717) is 21.5 Å². The highest BCUT2D eigenvalue weighted by molar-refractivity contribution is 7.99. The molecule has 0 spiro atoms. The number of aliphatic hydroxyl groups is 4. The number of H-pyrrole nitrogens is 1. The van der Waals surface area contributed by atoms with Gasteiger partial charge < -0.3 is 68.4 Å². The van der Waals surface area contributed by atoms with Crippen LogP contribution in [0.3, 0.4) is 0 Å². The number of aromatic amines is 1. The third-order valence-corrected chi connectivity index (χ3v) is 11.0. The lowest BCUT2D eigenvalue weighted by Crippen LogP contribution is -2.61. The number of rotatable bonds is 4. The van der Waals surface area contributed by atoms with Gasteiger partial charge >= 0.3 is 0 Å². The maximum absolute atomic E-state index is 14.3. The Labute approximate surface area is 326 Å².